The molecule has 1 fully saturated rings. The summed E-state index contributed by atoms with van der Waals surface area (Å²) in [5.74, 6) is 1.16. The van der Waals surface area contributed by atoms with Gasteiger partial charge in [-0.05, 0) is 31.7 Å². The minimum atomic E-state index is -2.70. The highest BCUT2D eigenvalue weighted by Gasteiger charge is 2.21. The molecule has 0 unspecified atom stereocenters. The Hall–Kier alpha value is -0.350. The number of hydrogen-bond donors (Lipinski definition) is 1. The van der Waals surface area contributed by atoms with Gasteiger partial charge in [-0.25, -0.2) is 8.42 Å². The van der Waals surface area contributed by atoms with Crippen LogP contribution < -0.4 is 5.73 Å². The summed E-state index contributed by atoms with van der Waals surface area (Å²) in [6.45, 7) is 0.668. The highest BCUT2D eigenvalue weighted by Crippen LogP contribution is 2.19. The Morgan fingerprint density at radius 1 is 1.31 bits per heavy atom. The molecule has 1 aliphatic heterocycles. The van der Waals surface area contributed by atoms with Crippen LogP contribution in [0.4, 0.5) is 0 Å². The van der Waals surface area contributed by atoms with Crippen molar-refractivity contribution in [2.24, 2.45) is 11.7 Å². The van der Waals surface area contributed by atoms with Gasteiger partial charge in [0.25, 0.3) is 0 Å². The van der Waals surface area contributed by atoms with E-state index in [1.165, 1.54) is 0 Å². The first-order chi connectivity index (χ1) is 6.14. The van der Waals surface area contributed by atoms with Crippen molar-refractivity contribution in [2.75, 3.05) is 18.1 Å². The van der Waals surface area contributed by atoms with E-state index in [0.717, 1.165) is 19.3 Å². The van der Waals surface area contributed by atoms with Gasteiger partial charge in [0.1, 0.15) is 9.84 Å². The van der Waals surface area contributed by atoms with Crippen molar-refractivity contribution in [1.29, 1.82) is 0 Å². The zero-order valence-electron chi connectivity index (χ0n) is 7.78. The van der Waals surface area contributed by atoms with Gasteiger partial charge >= 0.3 is 0 Å². The zero-order chi connectivity index (χ0) is 9.73. The molecule has 1 heterocycles. The van der Waals surface area contributed by atoms with Gasteiger partial charge in [-0.2, -0.15) is 0 Å². The molecule has 0 spiro atoms. The minimum Gasteiger partial charge on any atom is -0.330 e. The molecule has 13 heavy (non-hydrogen) atoms. The van der Waals surface area contributed by atoms with Crippen LogP contribution in [0.2, 0.25) is 0 Å². The van der Waals surface area contributed by atoms with Crippen molar-refractivity contribution >= 4 is 9.84 Å². The summed E-state index contributed by atoms with van der Waals surface area (Å²) in [6.07, 6.45) is 6.63. The summed E-state index contributed by atoms with van der Waals surface area (Å²) in [7, 11) is -2.70. The lowest BCUT2D eigenvalue weighted by molar-refractivity contribution is 0.534. The molecule has 1 rings (SSSR count). The van der Waals surface area contributed by atoms with Crippen molar-refractivity contribution in [2.45, 2.75) is 19.3 Å². The third-order valence-corrected chi connectivity index (χ3v) is 4.06. The van der Waals surface area contributed by atoms with Gasteiger partial charge < -0.3 is 5.73 Å². The van der Waals surface area contributed by atoms with E-state index in [4.69, 9.17) is 5.73 Å². The van der Waals surface area contributed by atoms with E-state index in [2.05, 4.69) is 12.2 Å². The Morgan fingerprint density at radius 2 is 1.92 bits per heavy atom. The van der Waals surface area contributed by atoms with E-state index >= 15 is 0 Å². The first-order valence-electron chi connectivity index (χ1n) is 4.71. The van der Waals surface area contributed by atoms with Gasteiger partial charge in [0, 0.05) is 0 Å². The SMILES string of the molecule is NCC/C=C\C1CCS(=O)(=O)CC1. The molecule has 76 valence electrons. The molecule has 0 aromatic rings. The lowest BCUT2D eigenvalue weighted by Crippen LogP contribution is -2.22. The molecule has 0 aromatic heterocycles. The first-order valence-corrected chi connectivity index (χ1v) is 6.53. The second-order valence-electron chi connectivity index (χ2n) is 3.49. The van der Waals surface area contributed by atoms with Crippen LogP contribution in [0.1, 0.15) is 19.3 Å². The molecule has 0 amide bonds. The Kier molecular flexibility index (Phi) is 3.93. The number of nitrogens with two attached hydrogens (primary N) is 1. The van der Waals surface area contributed by atoms with Crippen LogP contribution in [0.15, 0.2) is 12.2 Å². The maximum Gasteiger partial charge on any atom is 0.150 e. The van der Waals surface area contributed by atoms with Gasteiger partial charge in [0.15, 0.2) is 0 Å². The third-order valence-electron chi connectivity index (χ3n) is 2.34. The predicted molar refractivity (Wildman–Crippen MR) is 54.2 cm³/mol. The van der Waals surface area contributed by atoms with Crippen molar-refractivity contribution in [3.05, 3.63) is 12.2 Å². The number of rotatable bonds is 3. The maximum absolute atomic E-state index is 11.1. The van der Waals surface area contributed by atoms with Crippen molar-refractivity contribution < 1.29 is 8.42 Å². The van der Waals surface area contributed by atoms with Gasteiger partial charge in [0.2, 0.25) is 0 Å². The predicted octanol–water partition coefficient (Wildman–Crippen LogP) is 0.716. The Labute approximate surface area is 79.9 Å². The summed E-state index contributed by atoms with van der Waals surface area (Å²) in [6, 6.07) is 0. The molecule has 1 aliphatic rings. The topological polar surface area (TPSA) is 60.2 Å². The molecule has 0 aromatic carbocycles. The Bertz CT molecular complexity index is 255. The van der Waals surface area contributed by atoms with Crippen molar-refractivity contribution in [3.8, 4) is 0 Å². The van der Waals surface area contributed by atoms with Gasteiger partial charge in [-0.1, -0.05) is 12.2 Å². The molecule has 0 radical (unpaired) electrons. The molecular weight excluding hydrogens is 186 g/mol. The third kappa shape index (κ3) is 3.91. The van der Waals surface area contributed by atoms with Crippen molar-refractivity contribution in [1.82, 2.24) is 0 Å². The summed E-state index contributed by atoms with van der Waals surface area (Å²) in [4.78, 5) is 0. The van der Waals surface area contributed by atoms with Gasteiger partial charge in [-0.3, -0.25) is 0 Å². The Balaban J connectivity index is 2.33. The maximum atomic E-state index is 11.1. The lowest BCUT2D eigenvalue weighted by atomic mass is 10.0. The van der Waals surface area contributed by atoms with E-state index in [1.54, 1.807) is 0 Å². The molecular formula is C9H17NO2S. The van der Waals surface area contributed by atoms with Crippen LogP contribution in [0.25, 0.3) is 0 Å². The number of hydrogen-bond acceptors (Lipinski definition) is 3. The average molecular weight is 203 g/mol. The quantitative estimate of drug-likeness (QED) is 0.687. The largest absolute Gasteiger partial charge is 0.330 e. The summed E-state index contributed by atoms with van der Waals surface area (Å²) in [5.41, 5.74) is 5.34. The number of sulfone groups is 1. The van der Waals surface area contributed by atoms with Crippen LogP contribution in [-0.4, -0.2) is 26.5 Å². The smallest absolute Gasteiger partial charge is 0.150 e. The fourth-order valence-corrected chi connectivity index (χ4v) is 3.01. The average Bonchev–Trinajstić information content (AvgIpc) is 2.08. The van der Waals surface area contributed by atoms with E-state index in [-0.39, 0.29) is 0 Å². The second-order valence-corrected chi connectivity index (χ2v) is 5.80. The minimum absolute atomic E-state index is 0.352. The fourth-order valence-electron chi connectivity index (χ4n) is 1.49. The van der Waals surface area contributed by atoms with E-state index in [1.807, 2.05) is 0 Å². The second kappa shape index (κ2) is 4.77. The van der Waals surface area contributed by atoms with Crippen LogP contribution in [0, 0.1) is 5.92 Å². The summed E-state index contributed by atoms with van der Waals surface area (Å²) < 4.78 is 22.2. The lowest BCUT2D eigenvalue weighted by Gasteiger charge is -2.18. The van der Waals surface area contributed by atoms with Gasteiger partial charge in [-0.15, -0.1) is 0 Å². The highest BCUT2D eigenvalue weighted by atomic mass is 32.2. The monoisotopic (exact) mass is 203 g/mol. The van der Waals surface area contributed by atoms with E-state index < -0.39 is 9.84 Å². The normalized spacial score (nSPS) is 23.8. The van der Waals surface area contributed by atoms with Crippen LogP contribution in [-0.2, 0) is 9.84 Å². The molecule has 1 saturated heterocycles. The van der Waals surface area contributed by atoms with Crippen LogP contribution >= 0.6 is 0 Å². The zero-order valence-corrected chi connectivity index (χ0v) is 8.59. The molecule has 0 aliphatic carbocycles. The summed E-state index contributed by atoms with van der Waals surface area (Å²) in [5, 5.41) is 0. The van der Waals surface area contributed by atoms with Gasteiger partial charge in [0.05, 0.1) is 11.5 Å². The molecule has 0 bridgehead atoms. The number of allylic oxidation sites excluding steroid dienone is 1. The van der Waals surface area contributed by atoms with Crippen LogP contribution in [0.3, 0.4) is 0 Å². The molecule has 4 heteroatoms. The standard InChI is InChI=1S/C9H17NO2S/c10-6-2-1-3-9-4-7-13(11,12)8-5-9/h1,3,9H,2,4-8,10H2/b3-1-. The Morgan fingerprint density at radius 3 is 2.46 bits per heavy atom. The molecule has 3 nitrogen and oxygen atoms in total. The first kappa shape index (κ1) is 10.7. The van der Waals surface area contributed by atoms with E-state index in [0.29, 0.717) is 24.0 Å². The fraction of sp³-hybridized carbons (Fsp3) is 0.778. The molecule has 0 saturated carbocycles. The highest BCUT2D eigenvalue weighted by molar-refractivity contribution is 7.91. The van der Waals surface area contributed by atoms with E-state index in [9.17, 15) is 8.42 Å². The molecule has 2 N–H and O–H groups in total. The summed E-state index contributed by atoms with van der Waals surface area (Å²) >= 11 is 0. The van der Waals surface area contributed by atoms with Crippen molar-refractivity contribution in [3.63, 3.8) is 0 Å². The van der Waals surface area contributed by atoms with Crippen LogP contribution in [0.5, 0.6) is 0 Å². The molecule has 0 atom stereocenters.